The van der Waals surface area contributed by atoms with Crippen molar-refractivity contribution in [1.82, 2.24) is 0 Å². The zero-order valence-corrected chi connectivity index (χ0v) is 21.4. The minimum absolute atomic E-state index is 0.123. The Hall–Kier alpha value is -3.27. The molecule has 1 aliphatic heterocycles. The zero-order chi connectivity index (χ0) is 24.9. The van der Waals surface area contributed by atoms with Gasteiger partial charge in [0, 0.05) is 16.7 Å². The van der Waals surface area contributed by atoms with E-state index >= 15 is 0 Å². The summed E-state index contributed by atoms with van der Waals surface area (Å²) in [6.07, 6.45) is 0. The lowest BCUT2D eigenvalue weighted by molar-refractivity contribution is -0.135. The minimum atomic E-state index is -1.20. The number of hydrogen-bond acceptors (Lipinski definition) is 4. The maximum atomic E-state index is 14.1. The highest BCUT2D eigenvalue weighted by Crippen LogP contribution is 2.55. The van der Waals surface area contributed by atoms with Crippen molar-refractivity contribution in [2.45, 2.75) is 57.8 Å². The van der Waals surface area contributed by atoms with Gasteiger partial charge in [-0.25, -0.2) is 4.79 Å². The van der Waals surface area contributed by atoms with Crippen LogP contribution < -0.4 is 14.2 Å². The van der Waals surface area contributed by atoms with E-state index in [-0.39, 0.29) is 16.8 Å². The van der Waals surface area contributed by atoms with Gasteiger partial charge in [0.25, 0.3) is 0 Å². The molecule has 0 fully saturated rings. The first-order valence-electron chi connectivity index (χ1n) is 11.6. The van der Waals surface area contributed by atoms with Crippen LogP contribution in [0.25, 0.3) is 0 Å². The fourth-order valence-corrected chi connectivity index (χ4v) is 4.77. The van der Waals surface area contributed by atoms with Crippen LogP contribution in [-0.4, -0.2) is 20.2 Å². The Morgan fingerprint density at radius 2 is 1.44 bits per heavy atom. The van der Waals surface area contributed by atoms with Gasteiger partial charge in [-0.15, -0.1) is 0 Å². The summed E-state index contributed by atoms with van der Waals surface area (Å²) < 4.78 is 17.6. The molecule has 1 heterocycles. The van der Waals surface area contributed by atoms with Gasteiger partial charge in [-0.1, -0.05) is 77.9 Å². The first-order chi connectivity index (χ1) is 15.9. The van der Waals surface area contributed by atoms with Crippen LogP contribution in [0.3, 0.4) is 0 Å². The van der Waals surface area contributed by atoms with Crippen molar-refractivity contribution < 1.29 is 19.0 Å². The summed E-state index contributed by atoms with van der Waals surface area (Å²) in [5.74, 6) is 1.55. The molecule has 0 N–H and O–H groups in total. The van der Waals surface area contributed by atoms with E-state index in [4.69, 9.17) is 14.2 Å². The van der Waals surface area contributed by atoms with E-state index in [1.54, 1.807) is 14.2 Å². The van der Waals surface area contributed by atoms with Crippen LogP contribution in [0.2, 0.25) is 0 Å². The van der Waals surface area contributed by atoms with Crippen LogP contribution in [0.4, 0.5) is 0 Å². The summed E-state index contributed by atoms with van der Waals surface area (Å²) in [6, 6.07) is 19.7. The van der Waals surface area contributed by atoms with E-state index in [1.807, 2.05) is 48.5 Å². The molecule has 34 heavy (non-hydrogen) atoms. The number of hydrogen-bond donors (Lipinski definition) is 0. The molecule has 0 amide bonds. The van der Waals surface area contributed by atoms with Crippen molar-refractivity contribution in [2.24, 2.45) is 0 Å². The molecule has 0 bridgehead atoms. The van der Waals surface area contributed by atoms with Gasteiger partial charge in [-0.3, -0.25) is 0 Å². The number of benzene rings is 3. The topological polar surface area (TPSA) is 44.8 Å². The van der Waals surface area contributed by atoms with E-state index in [0.717, 1.165) is 22.3 Å². The first-order valence-corrected chi connectivity index (χ1v) is 11.6. The summed E-state index contributed by atoms with van der Waals surface area (Å²) in [5.41, 5.74) is 2.99. The number of methoxy groups -OCH3 is 2. The van der Waals surface area contributed by atoms with Gasteiger partial charge in [-0.2, -0.15) is 0 Å². The highest BCUT2D eigenvalue weighted by molar-refractivity contribution is 6.00. The minimum Gasteiger partial charge on any atom is -0.497 e. The maximum Gasteiger partial charge on any atom is 0.331 e. The molecule has 3 aromatic rings. The molecular formula is C30H34O4. The van der Waals surface area contributed by atoms with Crippen molar-refractivity contribution in [1.29, 1.82) is 0 Å². The molecule has 178 valence electrons. The quantitative estimate of drug-likeness (QED) is 0.328. The molecule has 0 saturated carbocycles. The number of fused-ring (bicyclic) bond motifs is 1. The second-order valence-corrected chi connectivity index (χ2v) is 11.0. The normalized spacial score (nSPS) is 17.8. The molecular weight excluding hydrogens is 424 g/mol. The average molecular weight is 459 g/mol. The standard InChI is InChI=1S/C30H34O4/c1-28(2,3)20-16-23(29(4,5)6)26-24(17-20)30(27(31)34-26,19-12-10-9-11-13-19)22-18-21(32-7)14-15-25(22)33-8/h9-18H,1-8H3. The molecule has 0 saturated heterocycles. The van der Waals surface area contributed by atoms with Crippen molar-refractivity contribution in [3.8, 4) is 17.2 Å². The van der Waals surface area contributed by atoms with Crippen LogP contribution in [0, 0.1) is 0 Å². The van der Waals surface area contributed by atoms with Gasteiger partial charge in [0.15, 0.2) is 5.41 Å². The SMILES string of the molecule is COc1ccc(OC)c(C2(c3ccccc3)C(=O)Oc3c(C(C)(C)C)cc(C(C)(C)C)cc32)c1. The third-order valence-corrected chi connectivity index (χ3v) is 6.69. The van der Waals surface area contributed by atoms with Gasteiger partial charge in [0.2, 0.25) is 0 Å². The third kappa shape index (κ3) is 3.66. The highest BCUT2D eigenvalue weighted by Gasteiger charge is 2.55. The predicted octanol–water partition coefficient (Wildman–Crippen LogP) is 6.55. The number of esters is 1. The lowest BCUT2D eigenvalue weighted by atomic mass is 9.67. The predicted molar refractivity (Wildman–Crippen MR) is 135 cm³/mol. The van der Waals surface area contributed by atoms with Crippen LogP contribution in [0.1, 0.15) is 69.4 Å². The van der Waals surface area contributed by atoms with Gasteiger partial charge in [-0.05, 0) is 46.2 Å². The third-order valence-electron chi connectivity index (χ3n) is 6.69. The lowest BCUT2D eigenvalue weighted by Crippen LogP contribution is -2.37. The van der Waals surface area contributed by atoms with E-state index in [0.29, 0.717) is 22.8 Å². The fourth-order valence-electron chi connectivity index (χ4n) is 4.77. The number of carbonyl (C=O) groups excluding carboxylic acids is 1. The van der Waals surface area contributed by atoms with E-state index < -0.39 is 5.41 Å². The molecule has 0 aromatic heterocycles. The summed E-state index contributed by atoms with van der Waals surface area (Å²) in [4.78, 5) is 14.1. The molecule has 3 aromatic carbocycles. The van der Waals surface area contributed by atoms with E-state index in [2.05, 4.69) is 53.7 Å². The van der Waals surface area contributed by atoms with E-state index in [9.17, 15) is 4.79 Å². The Bertz CT molecular complexity index is 1230. The zero-order valence-electron chi connectivity index (χ0n) is 21.4. The van der Waals surface area contributed by atoms with Gasteiger partial charge >= 0.3 is 5.97 Å². The van der Waals surface area contributed by atoms with Crippen molar-refractivity contribution >= 4 is 5.97 Å². The van der Waals surface area contributed by atoms with Gasteiger partial charge in [0.1, 0.15) is 17.2 Å². The van der Waals surface area contributed by atoms with Crippen molar-refractivity contribution in [2.75, 3.05) is 14.2 Å². The average Bonchev–Trinajstić information content (AvgIpc) is 3.09. The molecule has 0 spiro atoms. The molecule has 4 heteroatoms. The summed E-state index contributed by atoms with van der Waals surface area (Å²) in [6.45, 7) is 13.0. The van der Waals surface area contributed by atoms with Crippen molar-refractivity contribution in [3.05, 3.63) is 88.5 Å². The summed E-state index contributed by atoms with van der Waals surface area (Å²) in [7, 11) is 3.24. The molecule has 1 unspecified atom stereocenters. The van der Waals surface area contributed by atoms with Crippen LogP contribution in [0.5, 0.6) is 17.2 Å². The largest absolute Gasteiger partial charge is 0.497 e. The maximum absolute atomic E-state index is 14.1. The molecule has 4 rings (SSSR count). The van der Waals surface area contributed by atoms with Crippen LogP contribution in [-0.2, 0) is 21.0 Å². The Morgan fingerprint density at radius 1 is 0.765 bits per heavy atom. The highest BCUT2D eigenvalue weighted by atomic mass is 16.5. The number of ether oxygens (including phenoxy) is 3. The van der Waals surface area contributed by atoms with Crippen LogP contribution >= 0.6 is 0 Å². The molecule has 1 aliphatic rings. The molecule has 0 radical (unpaired) electrons. The number of carbonyl (C=O) groups is 1. The Kier molecular flexibility index (Phi) is 5.75. The molecule has 0 aliphatic carbocycles. The van der Waals surface area contributed by atoms with E-state index in [1.165, 1.54) is 0 Å². The fraction of sp³-hybridized carbons (Fsp3) is 0.367. The first kappa shape index (κ1) is 23.9. The van der Waals surface area contributed by atoms with Crippen molar-refractivity contribution in [3.63, 3.8) is 0 Å². The smallest absolute Gasteiger partial charge is 0.331 e. The summed E-state index contributed by atoms with van der Waals surface area (Å²) in [5, 5.41) is 0. The van der Waals surface area contributed by atoms with Gasteiger partial charge < -0.3 is 14.2 Å². The molecule has 4 nitrogen and oxygen atoms in total. The molecule has 1 atom stereocenters. The van der Waals surface area contributed by atoms with Crippen LogP contribution in [0.15, 0.2) is 60.7 Å². The second-order valence-electron chi connectivity index (χ2n) is 11.0. The Balaban J connectivity index is 2.21. The lowest BCUT2D eigenvalue weighted by Gasteiger charge is -2.31. The monoisotopic (exact) mass is 458 g/mol. The second kappa shape index (κ2) is 8.19. The Morgan fingerprint density at radius 3 is 2.00 bits per heavy atom. The van der Waals surface area contributed by atoms with Gasteiger partial charge in [0.05, 0.1) is 14.2 Å². The number of rotatable bonds is 4. The Labute approximate surface area is 202 Å². The summed E-state index contributed by atoms with van der Waals surface area (Å²) >= 11 is 0.